The lowest BCUT2D eigenvalue weighted by atomic mass is 10.1. The summed E-state index contributed by atoms with van der Waals surface area (Å²) in [6.07, 6.45) is 0.672. The number of benzene rings is 1. The molecular weight excluding hydrogens is 254 g/mol. The van der Waals surface area contributed by atoms with Crippen molar-refractivity contribution in [3.8, 4) is 0 Å². The van der Waals surface area contributed by atoms with Crippen LogP contribution in [0.15, 0.2) is 24.3 Å². The molecule has 1 aromatic rings. The SMILES string of the molecule is CC(C)NC(=O)CN(C)C(=O)C1Cc2ccccc2N1. The average molecular weight is 275 g/mol. The molecule has 1 aromatic carbocycles. The van der Waals surface area contributed by atoms with Crippen LogP contribution in [0, 0.1) is 0 Å². The topological polar surface area (TPSA) is 61.4 Å². The minimum absolute atomic E-state index is 0.0555. The maximum Gasteiger partial charge on any atom is 0.245 e. The number of likely N-dealkylation sites (N-methyl/N-ethyl adjacent to an activating group) is 1. The molecule has 1 unspecified atom stereocenters. The maximum atomic E-state index is 12.3. The van der Waals surface area contributed by atoms with E-state index in [9.17, 15) is 9.59 Å². The molecule has 108 valence electrons. The Labute approximate surface area is 119 Å². The predicted octanol–water partition coefficient (Wildman–Crippen LogP) is 1.01. The number of fused-ring (bicyclic) bond motifs is 1. The number of hydrogen-bond acceptors (Lipinski definition) is 3. The molecule has 2 amide bonds. The molecule has 1 aliphatic rings. The van der Waals surface area contributed by atoms with Gasteiger partial charge in [-0.3, -0.25) is 9.59 Å². The Morgan fingerprint density at radius 1 is 1.40 bits per heavy atom. The Balaban J connectivity index is 1.91. The molecule has 0 saturated carbocycles. The van der Waals surface area contributed by atoms with E-state index >= 15 is 0 Å². The Hall–Kier alpha value is -2.04. The first-order valence-electron chi connectivity index (χ1n) is 6.86. The normalized spacial score (nSPS) is 16.5. The van der Waals surface area contributed by atoms with Gasteiger partial charge in [-0.25, -0.2) is 0 Å². The van der Waals surface area contributed by atoms with Crippen LogP contribution in [0.4, 0.5) is 5.69 Å². The summed E-state index contributed by atoms with van der Waals surface area (Å²) >= 11 is 0. The second-order valence-electron chi connectivity index (χ2n) is 5.47. The van der Waals surface area contributed by atoms with Crippen molar-refractivity contribution in [3.05, 3.63) is 29.8 Å². The predicted molar refractivity (Wildman–Crippen MR) is 78.5 cm³/mol. The van der Waals surface area contributed by atoms with Crippen molar-refractivity contribution in [2.24, 2.45) is 0 Å². The fourth-order valence-electron chi connectivity index (χ4n) is 2.37. The first-order chi connectivity index (χ1) is 9.47. The summed E-state index contributed by atoms with van der Waals surface area (Å²) in [6, 6.07) is 7.70. The summed E-state index contributed by atoms with van der Waals surface area (Å²) in [5, 5.41) is 5.99. The van der Waals surface area contributed by atoms with Gasteiger partial charge in [0.05, 0.1) is 6.54 Å². The molecule has 2 rings (SSSR count). The number of carbonyl (C=O) groups is 2. The molecule has 0 spiro atoms. The summed E-state index contributed by atoms with van der Waals surface area (Å²) in [5.41, 5.74) is 2.15. The van der Waals surface area contributed by atoms with Crippen LogP contribution in [0.25, 0.3) is 0 Å². The standard InChI is InChI=1S/C15H21N3O2/c1-10(2)16-14(19)9-18(3)15(20)13-8-11-6-4-5-7-12(11)17-13/h4-7,10,13,17H,8-9H2,1-3H3,(H,16,19). The average Bonchev–Trinajstić information content (AvgIpc) is 2.80. The third kappa shape index (κ3) is 3.29. The van der Waals surface area contributed by atoms with Crippen LogP contribution in [-0.2, 0) is 16.0 Å². The van der Waals surface area contributed by atoms with Gasteiger partial charge in [0.25, 0.3) is 0 Å². The minimum atomic E-state index is -0.274. The summed E-state index contributed by atoms with van der Waals surface area (Å²) in [6.45, 7) is 3.88. The highest BCUT2D eigenvalue weighted by atomic mass is 16.2. The molecule has 5 heteroatoms. The van der Waals surface area contributed by atoms with Crippen LogP contribution in [-0.4, -0.2) is 42.4 Å². The van der Waals surface area contributed by atoms with Gasteiger partial charge in [-0.1, -0.05) is 18.2 Å². The Morgan fingerprint density at radius 3 is 2.75 bits per heavy atom. The van der Waals surface area contributed by atoms with Crippen LogP contribution in [0.1, 0.15) is 19.4 Å². The minimum Gasteiger partial charge on any atom is -0.373 e. The van der Waals surface area contributed by atoms with Gasteiger partial charge in [0.15, 0.2) is 0 Å². The number of carbonyl (C=O) groups excluding carboxylic acids is 2. The zero-order chi connectivity index (χ0) is 14.7. The van der Waals surface area contributed by atoms with Crippen molar-refractivity contribution < 1.29 is 9.59 Å². The van der Waals surface area contributed by atoms with Crippen LogP contribution in [0.3, 0.4) is 0 Å². The first-order valence-corrected chi connectivity index (χ1v) is 6.86. The lowest BCUT2D eigenvalue weighted by molar-refractivity contribution is -0.135. The number of amides is 2. The quantitative estimate of drug-likeness (QED) is 0.862. The van der Waals surface area contributed by atoms with Crippen LogP contribution >= 0.6 is 0 Å². The number of para-hydroxylation sites is 1. The molecule has 20 heavy (non-hydrogen) atoms. The van der Waals surface area contributed by atoms with Crippen molar-refractivity contribution in [2.75, 3.05) is 18.9 Å². The Bertz CT molecular complexity index is 489. The summed E-state index contributed by atoms with van der Waals surface area (Å²) < 4.78 is 0. The number of nitrogens with one attached hydrogen (secondary N) is 2. The van der Waals surface area contributed by atoms with Crippen molar-refractivity contribution in [2.45, 2.75) is 32.4 Å². The van der Waals surface area contributed by atoms with Crippen molar-refractivity contribution >= 4 is 17.5 Å². The smallest absolute Gasteiger partial charge is 0.245 e. The monoisotopic (exact) mass is 275 g/mol. The second kappa shape index (κ2) is 5.94. The third-order valence-electron chi connectivity index (χ3n) is 3.28. The zero-order valence-electron chi connectivity index (χ0n) is 12.1. The molecule has 2 N–H and O–H groups in total. The van der Waals surface area contributed by atoms with E-state index in [0.717, 1.165) is 11.3 Å². The molecule has 0 aliphatic carbocycles. The van der Waals surface area contributed by atoms with Gasteiger partial charge in [-0.15, -0.1) is 0 Å². The number of hydrogen-bond donors (Lipinski definition) is 2. The van der Waals surface area contributed by atoms with Gasteiger partial charge in [0, 0.05) is 25.2 Å². The molecule has 0 aromatic heterocycles. The van der Waals surface area contributed by atoms with Gasteiger partial charge < -0.3 is 15.5 Å². The van der Waals surface area contributed by atoms with E-state index in [1.165, 1.54) is 4.90 Å². The fraction of sp³-hybridized carbons (Fsp3) is 0.467. The number of nitrogens with zero attached hydrogens (tertiary/aromatic N) is 1. The Kier molecular flexibility index (Phi) is 4.27. The van der Waals surface area contributed by atoms with Gasteiger partial charge in [0.1, 0.15) is 6.04 Å². The molecule has 0 saturated heterocycles. The van der Waals surface area contributed by atoms with E-state index in [1.54, 1.807) is 7.05 Å². The van der Waals surface area contributed by atoms with E-state index in [1.807, 2.05) is 38.1 Å². The maximum absolute atomic E-state index is 12.3. The molecule has 0 fully saturated rings. The molecule has 1 heterocycles. The zero-order valence-corrected chi connectivity index (χ0v) is 12.1. The Morgan fingerprint density at radius 2 is 2.10 bits per heavy atom. The molecule has 1 atom stereocenters. The van der Waals surface area contributed by atoms with E-state index < -0.39 is 0 Å². The van der Waals surface area contributed by atoms with Gasteiger partial charge in [0.2, 0.25) is 11.8 Å². The van der Waals surface area contributed by atoms with Crippen molar-refractivity contribution in [1.29, 1.82) is 0 Å². The van der Waals surface area contributed by atoms with Crippen LogP contribution in [0.2, 0.25) is 0 Å². The molecular formula is C15H21N3O2. The largest absolute Gasteiger partial charge is 0.373 e. The van der Waals surface area contributed by atoms with Crippen LogP contribution < -0.4 is 10.6 Å². The molecule has 5 nitrogen and oxygen atoms in total. The van der Waals surface area contributed by atoms with E-state index in [2.05, 4.69) is 10.6 Å². The second-order valence-corrected chi connectivity index (χ2v) is 5.47. The lowest BCUT2D eigenvalue weighted by Gasteiger charge is -2.21. The molecule has 0 bridgehead atoms. The summed E-state index contributed by atoms with van der Waals surface area (Å²) in [7, 11) is 1.66. The molecule has 0 radical (unpaired) electrons. The first kappa shape index (κ1) is 14.4. The number of rotatable bonds is 4. The summed E-state index contributed by atoms with van der Waals surface area (Å²) in [5.74, 6) is -0.188. The third-order valence-corrected chi connectivity index (χ3v) is 3.28. The molecule has 1 aliphatic heterocycles. The number of anilines is 1. The van der Waals surface area contributed by atoms with Gasteiger partial charge in [-0.2, -0.15) is 0 Å². The van der Waals surface area contributed by atoms with Gasteiger partial charge >= 0.3 is 0 Å². The van der Waals surface area contributed by atoms with E-state index in [0.29, 0.717) is 6.42 Å². The van der Waals surface area contributed by atoms with Crippen molar-refractivity contribution in [3.63, 3.8) is 0 Å². The highest BCUT2D eigenvalue weighted by Gasteiger charge is 2.29. The fourth-order valence-corrected chi connectivity index (χ4v) is 2.37. The highest BCUT2D eigenvalue weighted by Crippen LogP contribution is 2.25. The highest BCUT2D eigenvalue weighted by molar-refractivity contribution is 5.90. The van der Waals surface area contributed by atoms with E-state index in [4.69, 9.17) is 0 Å². The van der Waals surface area contributed by atoms with E-state index in [-0.39, 0.29) is 30.4 Å². The summed E-state index contributed by atoms with van der Waals surface area (Å²) in [4.78, 5) is 25.5. The van der Waals surface area contributed by atoms with Crippen molar-refractivity contribution in [1.82, 2.24) is 10.2 Å². The van der Waals surface area contributed by atoms with Crippen LogP contribution in [0.5, 0.6) is 0 Å². The lowest BCUT2D eigenvalue weighted by Crippen LogP contribution is -2.45. The van der Waals surface area contributed by atoms with Gasteiger partial charge in [-0.05, 0) is 25.5 Å².